The van der Waals surface area contributed by atoms with E-state index in [9.17, 15) is 0 Å². The van der Waals surface area contributed by atoms with Crippen LogP contribution in [0.2, 0.25) is 0 Å². The lowest BCUT2D eigenvalue weighted by Gasteiger charge is -2.08. The summed E-state index contributed by atoms with van der Waals surface area (Å²) in [7, 11) is 0. The van der Waals surface area contributed by atoms with E-state index in [1.54, 1.807) is 0 Å². The van der Waals surface area contributed by atoms with Crippen molar-refractivity contribution in [2.75, 3.05) is 5.32 Å². The van der Waals surface area contributed by atoms with Crippen LogP contribution in [0.4, 0.5) is 5.69 Å². The van der Waals surface area contributed by atoms with Crippen molar-refractivity contribution >= 4 is 5.69 Å². The number of anilines is 1. The zero-order valence-electron chi connectivity index (χ0n) is 10.3. The van der Waals surface area contributed by atoms with Crippen LogP contribution in [0.5, 0.6) is 0 Å². The molecule has 0 aliphatic carbocycles. The molecule has 0 radical (unpaired) electrons. The SMILES string of the molecule is C=C(C)Nc1cccc(-c2cccc(C)c2)c1. The number of hydrogen-bond acceptors (Lipinski definition) is 1. The quantitative estimate of drug-likeness (QED) is 0.801. The van der Waals surface area contributed by atoms with E-state index < -0.39 is 0 Å². The zero-order chi connectivity index (χ0) is 12.3. The number of aryl methyl sites for hydroxylation is 1. The van der Waals surface area contributed by atoms with Crippen molar-refractivity contribution < 1.29 is 0 Å². The molecule has 0 fully saturated rings. The van der Waals surface area contributed by atoms with Gasteiger partial charge in [0.2, 0.25) is 0 Å². The van der Waals surface area contributed by atoms with Gasteiger partial charge < -0.3 is 5.32 Å². The summed E-state index contributed by atoms with van der Waals surface area (Å²) in [5, 5.41) is 3.24. The molecule has 2 rings (SSSR count). The highest BCUT2D eigenvalue weighted by Crippen LogP contribution is 2.23. The molecule has 0 heterocycles. The molecule has 1 nitrogen and oxygen atoms in total. The summed E-state index contributed by atoms with van der Waals surface area (Å²) in [6.45, 7) is 7.92. The minimum absolute atomic E-state index is 0.950. The number of rotatable bonds is 3. The average molecular weight is 223 g/mol. The number of benzene rings is 2. The summed E-state index contributed by atoms with van der Waals surface area (Å²) in [6, 6.07) is 16.9. The molecule has 0 bridgehead atoms. The maximum Gasteiger partial charge on any atom is 0.0387 e. The monoisotopic (exact) mass is 223 g/mol. The first-order valence-electron chi connectivity index (χ1n) is 5.75. The Morgan fingerprint density at radius 3 is 2.29 bits per heavy atom. The summed E-state index contributed by atoms with van der Waals surface area (Å²) in [6.07, 6.45) is 0. The molecule has 1 heteroatoms. The van der Waals surface area contributed by atoms with Gasteiger partial charge in [-0.15, -0.1) is 0 Å². The molecule has 0 aromatic heterocycles. The van der Waals surface area contributed by atoms with Crippen molar-refractivity contribution in [2.45, 2.75) is 13.8 Å². The van der Waals surface area contributed by atoms with Gasteiger partial charge in [0.05, 0.1) is 0 Å². The van der Waals surface area contributed by atoms with Crippen LogP contribution >= 0.6 is 0 Å². The first kappa shape index (κ1) is 11.5. The van der Waals surface area contributed by atoms with Gasteiger partial charge in [0, 0.05) is 11.4 Å². The Labute approximate surface area is 103 Å². The molecule has 0 saturated carbocycles. The molecule has 0 atom stereocenters. The molecule has 1 N–H and O–H groups in total. The Kier molecular flexibility index (Phi) is 3.29. The topological polar surface area (TPSA) is 12.0 Å². The largest absolute Gasteiger partial charge is 0.360 e. The Bertz CT molecular complexity index is 541. The van der Waals surface area contributed by atoms with Crippen molar-refractivity contribution in [1.82, 2.24) is 0 Å². The molecular weight excluding hydrogens is 206 g/mol. The number of allylic oxidation sites excluding steroid dienone is 1. The molecule has 86 valence electrons. The van der Waals surface area contributed by atoms with E-state index >= 15 is 0 Å². The second kappa shape index (κ2) is 4.88. The van der Waals surface area contributed by atoms with Crippen LogP contribution in [0, 0.1) is 6.92 Å². The molecule has 2 aromatic carbocycles. The van der Waals surface area contributed by atoms with E-state index in [0.29, 0.717) is 0 Å². The van der Waals surface area contributed by atoms with Gasteiger partial charge in [-0.2, -0.15) is 0 Å². The van der Waals surface area contributed by atoms with E-state index in [0.717, 1.165) is 11.4 Å². The summed E-state index contributed by atoms with van der Waals surface area (Å²) in [5.41, 5.74) is 5.78. The zero-order valence-corrected chi connectivity index (χ0v) is 10.3. The first-order chi connectivity index (χ1) is 8.15. The van der Waals surface area contributed by atoms with E-state index in [1.165, 1.54) is 16.7 Å². The fourth-order valence-electron chi connectivity index (χ4n) is 1.85. The summed E-state index contributed by atoms with van der Waals surface area (Å²) in [5.74, 6) is 0. The van der Waals surface area contributed by atoms with Gasteiger partial charge in [-0.3, -0.25) is 0 Å². The van der Waals surface area contributed by atoms with Crippen LogP contribution in [0.3, 0.4) is 0 Å². The van der Waals surface area contributed by atoms with Crippen LogP contribution in [0.25, 0.3) is 11.1 Å². The van der Waals surface area contributed by atoms with Gasteiger partial charge in [0.15, 0.2) is 0 Å². The molecule has 17 heavy (non-hydrogen) atoms. The Morgan fingerprint density at radius 1 is 1.00 bits per heavy atom. The Hall–Kier alpha value is -2.02. The maximum absolute atomic E-state index is 3.86. The van der Waals surface area contributed by atoms with Crippen LogP contribution in [0.1, 0.15) is 12.5 Å². The predicted molar refractivity (Wildman–Crippen MR) is 75.1 cm³/mol. The van der Waals surface area contributed by atoms with E-state index in [4.69, 9.17) is 0 Å². The average Bonchev–Trinajstić information content (AvgIpc) is 2.28. The summed E-state index contributed by atoms with van der Waals surface area (Å²) in [4.78, 5) is 0. The van der Waals surface area contributed by atoms with Gasteiger partial charge in [-0.25, -0.2) is 0 Å². The molecule has 0 aliphatic heterocycles. The van der Waals surface area contributed by atoms with Crippen molar-refractivity contribution in [1.29, 1.82) is 0 Å². The van der Waals surface area contributed by atoms with Gasteiger partial charge in [0.25, 0.3) is 0 Å². The molecular formula is C16H17N. The Balaban J connectivity index is 2.36. The standard InChI is InChI=1S/C16H17N/c1-12(2)17-16-9-5-8-15(11-16)14-7-4-6-13(3)10-14/h4-11,17H,1H2,2-3H3. The van der Waals surface area contributed by atoms with Gasteiger partial charge >= 0.3 is 0 Å². The fourth-order valence-corrected chi connectivity index (χ4v) is 1.85. The molecule has 0 aliphatic rings. The minimum Gasteiger partial charge on any atom is -0.360 e. The normalized spacial score (nSPS) is 10.0. The minimum atomic E-state index is 0.950. The van der Waals surface area contributed by atoms with Crippen molar-refractivity contribution in [2.24, 2.45) is 0 Å². The second-order valence-electron chi connectivity index (χ2n) is 4.36. The third-order valence-corrected chi connectivity index (χ3v) is 2.57. The number of nitrogens with one attached hydrogen (secondary N) is 1. The van der Waals surface area contributed by atoms with Crippen LogP contribution < -0.4 is 5.32 Å². The van der Waals surface area contributed by atoms with Gasteiger partial charge in [0.1, 0.15) is 0 Å². The lowest BCUT2D eigenvalue weighted by Crippen LogP contribution is -1.93. The van der Waals surface area contributed by atoms with Crippen molar-refractivity contribution in [3.63, 3.8) is 0 Å². The second-order valence-corrected chi connectivity index (χ2v) is 4.36. The van der Waals surface area contributed by atoms with E-state index in [2.05, 4.69) is 61.3 Å². The van der Waals surface area contributed by atoms with Crippen LogP contribution in [-0.4, -0.2) is 0 Å². The van der Waals surface area contributed by atoms with E-state index in [-0.39, 0.29) is 0 Å². The Morgan fingerprint density at radius 2 is 1.65 bits per heavy atom. The highest BCUT2D eigenvalue weighted by molar-refractivity contribution is 5.69. The van der Waals surface area contributed by atoms with Crippen molar-refractivity contribution in [3.8, 4) is 11.1 Å². The van der Waals surface area contributed by atoms with Gasteiger partial charge in [-0.05, 0) is 37.1 Å². The summed E-state index contributed by atoms with van der Waals surface area (Å²) < 4.78 is 0. The lowest BCUT2D eigenvalue weighted by molar-refractivity contribution is 1.40. The van der Waals surface area contributed by atoms with Gasteiger partial charge in [-0.1, -0.05) is 48.5 Å². The molecule has 2 aromatic rings. The van der Waals surface area contributed by atoms with Crippen LogP contribution in [0.15, 0.2) is 60.8 Å². The first-order valence-corrected chi connectivity index (χ1v) is 5.75. The highest BCUT2D eigenvalue weighted by atomic mass is 14.9. The molecule has 0 saturated heterocycles. The third-order valence-electron chi connectivity index (χ3n) is 2.57. The highest BCUT2D eigenvalue weighted by Gasteiger charge is 1.99. The fraction of sp³-hybridized carbons (Fsp3) is 0.125. The smallest absolute Gasteiger partial charge is 0.0387 e. The molecule has 0 amide bonds. The lowest BCUT2D eigenvalue weighted by atomic mass is 10.0. The summed E-state index contributed by atoms with van der Waals surface area (Å²) >= 11 is 0. The van der Waals surface area contributed by atoms with Crippen molar-refractivity contribution in [3.05, 3.63) is 66.4 Å². The van der Waals surface area contributed by atoms with Crippen LogP contribution in [-0.2, 0) is 0 Å². The molecule has 0 unspecified atom stereocenters. The maximum atomic E-state index is 3.86. The third kappa shape index (κ3) is 2.97. The molecule has 0 spiro atoms. The predicted octanol–water partition coefficient (Wildman–Crippen LogP) is 4.61. The number of hydrogen-bond donors (Lipinski definition) is 1. The van der Waals surface area contributed by atoms with E-state index in [1.807, 2.05) is 13.0 Å².